The molecule has 6 rings (SSSR count). The molecule has 0 aliphatic carbocycles. The maximum Gasteiger partial charge on any atom is 0.417 e. The first-order chi connectivity index (χ1) is 21.3. The maximum absolute atomic E-state index is 16.6. The van der Waals surface area contributed by atoms with E-state index in [1.807, 2.05) is 4.90 Å². The molecule has 1 aliphatic rings. The van der Waals surface area contributed by atoms with Gasteiger partial charge in [-0.25, -0.2) is 9.37 Å². The second kappa shape index (κ2) is 11.3. The van der Waals surface area contributed by atoms with Gasteiger partial charge in [0.25, 0.3) is 5.56 Å². The summed E-state index contributed by atoms with van der Waals surface area (Å²) in [6, 6.07) is 3.50. The Kier molecular flexibility index (Phi) is 7.56. The van der Waals surface area contributed by atoms with Gasteiger partial charge in [0.15, 0.2) is 5.82 Å². The molecule has 0 radical (unpaired) electrons. The summed E-state index contributed by atoms with van der Waals surface area (Å²) >= 11 is 0. The van der Waals surface area contributed by atoms with Crippen molar-refractivity contribution in [3.63, 3.8) is 0 Å². The Morgan fingerprint density at radius 3 is 2.78 bits per heavy atom. The van der Waals surface area contributed by atoms with Crippen LogP contribution in [0, 0.1) is 12.7 Å². The first-order valence-corrected chi connectivity index (χ1v) is 14.0. The third-order valence-corrected chi connectivity index (χ3v) is 8.02. The summed E-state index contributed by atoms with van der Waals surface area (Å²) in [6.07, 6.45) is -2.39. The number of aryl methyl sites for hydroxylation is 1. The molecular weight excluding hydrogens is 598 g/mol. The van der Waals surface area contributed by atoms with Gasteiger partial charge in [-0.3, -0.25) is 14.8 Å². The number of nitrogens with two attached hydrogens (primary N) is 1. The molecule has 0 spiro atoms. The van der Waals surface area contributed by atoms with Gasteiger partial charge in [0.05, 0.1) is 35.1 Å². The van der Waals surface area contributed by atoms with Gasteiger partial charge in [-0.2, -0.15) is 28.2 Å². The van der Waals surface area contributed by atoms with E-state index in [0.29, 0.717) is 18.5 Å². The molecule has 6 N–H and O–H groups in total. The minimum absolute atomic E-state index is 0.0209. The number of aromatic nitrogens is 6. The van der Waals surface area contributed by atoms with Crippen molar-refractivity contribution < 1.29 is 27.4 Å². The molecule has 0 unspecified atom stereocenters. The number of hydrogen-bond donors (Lipinski definition) is 5. The number of nitrogens with zero attached hydrogens (tertiary/aromatic N) is 5. The van der Waals surface area contributed by atoms with Crippen LogP contribution >= 0.6 is 0 Å². The molecule has 0 bridgehead atoms. The summed E-state index contributed by atoms with van der Waals surface area (Å²) in [7, 11) is 1.81. The van der Waals surface area contributed by atoms with Gasteiger partial charge in [-0.15, -0.1) is 0 Å². The lowest BCUT2D eigenvalue weighted by molar-refractivity contribution is -0.137. The Bertz CT molecular complexity index is 1980. The number of aliphatic hydroxyl groups excluding tert-OH is 1. The number of nitrogen functional groups attached to an aromatic ring is 1. The Labute approximate surface area is 252 Å². The first kappa shape index (κ1) is 30.2. The minimum Gasteiger partial charge on any atom is -0.462 e. The number of nitrogens with one attached hydrogen (secondary N) is 3. The van der Waals surface area contributed by atoms with Crippen LogP contribution in [0.2, 0.25) is 0 Å². The highest BCUT2D eigenvalue weighted by Crippen LogP contribution is 2.44. The number of likely N-dealkylation sites (N-methyl/N-ethyl adjacent to an activating group) is 1. The number of ether oxygens (including phenoxy) is 1. The van der Waals surface area contributed by atoms with Crippen LogP contribution in [0.15, 0.2) is 35.4 Å². The van der Waals surface area contributed by atoms with Crippen molar-refractivity contribution in [1.82, 2.24) is 35.0 Å². The zero-order chi connectivity index (χ0) is 32.2. The number of hydrogen-bond acceptors (Lipinski definition) is 10. The lowest BCUT2D eigenvalue weighted by atomic mass is 9.94. The van der Waals surface area contributed by atoms with E-state index in [4.69, 9.17) is 10.5 Å². The standard InChI is InChI=1S/C29H29F4N9O3/c1-12-7-18-17(9-36-41-18)19(21(12)29(31,32)33)23-22(30)24-20(27(44)38-23)26(37-13(2)16-5-4-6-35-25(16)34)40-28(39-24)45-11-14-8-15(43)10-42(14)3/h4-7,9,13-15,43H,8,10-11H2,1-3H3,(H2,34,35)(H,36,41)(H,38,44)(H,37,39,40)/t13-,14+,15-/m1/s1. The molecule has 5 heterocycles. The highest BCUT2D eigenvalue weighted by Gasteiger charge is 2.38. The fourth-order valence-corrected chi connectivity index (χ4v) is 5.85. The van der Waals surface area contributed by atoms with Gasteiger partial charge >= 0.3 is 12.2 Å². The number of β-amino-alcohol motifs (C(OH)–C–C–N with tert-alkyl or cyclic N) is 1. The SMILES string of the molecule is Cc1cc2[nH]ncc2c(-c2[nH]c(=O)c3c(N[C@H](C)c4cccnc4N)nc(OC[C@@H]4C[C@@H](O)CN4C)nc3c2F)c1C(F)(F)F. The summed E-state index contributed by atoms with van der Waals surface area (Å²) in [6.45, 7) is 3.40. The van der Waals surface area contributed by atoms with Crippen LogP contribution < -0.4 is 21.3 Å². The average Bonchev–Trinajstić information content (AvgIpc) is 3.57. The quantitative estimate of drug-likeness (QED) is 0.167. The Balaban J connectivity index is 1.55. The number of H-pyrrole nitrogens is 2. The van der Waals surface area contributed by atoms with E-state index in [2.05, 4.69) is 35.5 Å². The van der Waals surface area contributed by atoms with Gasteiger partial charge in [-0.05, 0) is 45.0 Å². The van der Waals surface area contributed by atoms with Crippen LogP contribution in [-0.4, -0.2) is 72.5 Å². The topological polar surface area (TPSA) is 171 Å². The second-order valence-corrected chi connectivity index (χ2v) is 11.1. The molecule has 1 fully saturated rings. The minimum atomic E-state index is -4.90. The third kappa shape index (κ3) is 5.50. The van der Waals surface area contributed by atoms with Gasteiger partial charge < -0.3 is 25.9 Å². The molecule has 45 heavy (non-hydrogen) atoms. The smallest absolute Gasteiger partial charge is 0.417 e. The largest absolute Gasteiger partial charge is 0.462 e. The highest BCUT2D eigenvalue weighted by atomic mass is 19.4. The molecule has 5 aromatic rings. The monoisotopic (exact) mass is 627 g/mol. The molecule has 4 aromatic heterocycles. The molecule has 0 saturated carbocycles. The number of pyridine rings is 2. The number of halogens is 4. The van der Waals surface area contributed by atoms with E-state index in [1.165, 1.54) is 19.2 Å². The van der Waals surface area contributed by atoms with Crippen LogP contribution in [0.25, 0.3) is 33.1 Å². The van der Waals surface area contributed by atoms with Crippen LogP contribution in [0.3, 0.4) is 0 Å². The summed E-state index contributed by atoms with van der Waals surface area (Å²) in [4.78, 5) is 30.5. The van der Waals surface area contributed by atoms with Crippen molar-refractivity contribution in [3.8, 4) is 17.3 Å². The van der Waals surface area contributed by atoms with E-state index in [9.17, 15) is 23.1 Å². The lowest BCUT2D eigenvalue weighted by Gasteiger charge is -2.21. The normalized spacial score (nSPS) is 18.1. The zero-order valence-corrected chi connectivity index (χ0v) is 24.3. The van der Waals surface area contributed by atoms with Crippen LogP contribution in [0.5, 0.6) is 6.01 Å². The van der Waals surface area contributed by atoms with Crippen molar-refractivity contribution >= 4 is 33.4 Å². The van der Waals surface area contributed by atoms with E-state index in [1.54, 1.807) is 26.1 Å². The molecule has 1 aliphatic heterocycles. The first-order valence-electron chi connectivity index (χ1n) is 14.0. The van der Waals surface area contributed by atoms with Crippen molar-refractivity contribution in [1.29, 1.82) is 0 Å². The fraction of sp³-hybridized carbons (Fsp3) is 0.345. The van der Waals surface area contributed by atoms with E-state index in [0.717, 1.165) is 6.20 Å². The Morgan fingerprint density at radius 1 is 1.31 bits per heavy atom. The number of aliphatic hydroxyl groups is 1. The lowest BCUT2D eigenvalue weighted by Crippen LogP contribution is -2.31. The Morgan fingerprint density at radius 2 is 2.09 bits per heavy atom. The number of rotatable bonds is 7. The predicted octanol–water partition coefficient (Wildman–Crippen LogP) is 3.92. The summed E-state index contributed by atoms with van der Waals surface area (Å²) in [5.74, 6) is -1.15. The third-order valence-electron chi connectivity index (χ3n) is 8.02. The number of anilines is 2. The fourth-order valence-electron chi connectivity index (χ4n) is 5.85. The van der Waals surface area contributed by atoms with Crippen LogP contribution in [0.4, 0.5) is 29.2 Å². The van der Waals surface area contributed by atoms with Crippen molar-refractivity contribution in [2.24, 2.45) is 0 Å². The van der Waals surface area contributed by atoms with Crippen molar-refractivity contribution in [3.05, 3.63) is 63.5 Å². The molecule has 3 atom stereocenters. The second-order valence-electron chi connectivity index (χ2n) is 11.1. The highest BCUT2D eigenvalue weighted by molar-refractivity contribution is 5.99. The Hall–Kier alpha value is -4.83. The average molecular weight is 628 g/mol. The van der Waals surface area contributed by atoms with Crippen LogP contribution in [0.1, 0.15) is 36.1 Å². The van der Waals surface area contributed by atoms with E-state index >= 15 is 4.39 Å². The number of aromatic amines is 2. The molecule has 0 amide bonds. The molecular formula is C29H29F4N9O3. The summed E-state index contributed by atoms with van der Waals surface area (Å²) < 4.78 is 65.7. The van der Waals surface area contributed by atoms with Gasteiger partial charge in [0, 0.05) is 35.3 Å². The van der Waals surface area contributed by atoms with Gasteiger partial charge in [-0.1, -0.05) is 6.07 Å². The zero-order valence-electron chi connectivity index (χ0n) is 24.3. The number of alkyl halides is 3. The maximum atomic E-state index is 16.6. The summed E-state index contributed by atoms with van der Waals surface area (Å²) in [5.41, 5.74) is 2.68. The molecule has 1 aromatic carbocycles. The van der Waals surface area contributed by atoms with Crippen molar-refractivity contribution in [2.75, 3.05) is 31.2 Å². The number of likely N-dealkylation sites (tertiary alicyclic amines) is 1. The van der Waals surface area contributed by atoms with Crippen molar-refractivity contribution in [2.45, 2.75) is 44.6 Å². The molecule has 236 valence electrons. The van der Waals surface area contributed by atoms with Crippen LogP contribution in [-0.2, 0) is 6.18 Å². The molecule has 12 nitrogen and oxygen atoms in total. The number of fused-ring (bicyclic) bond motifs is 2. The van der Waals surface area contributed by atoms with Gasteiger partial charge in [0.2, 0.25) is 0 Å². The number of benzene rings is 1. The summed E-state index contributed by atoms with van der Waals surface area (Å²) in [5, 5.41) is 19.1. The van der Waals surface area contributed by atoms with Gasteiger partial charge in [0.1, 0.15) is 29.1 Å². The van der Waals surface area contributed by atoms with E-state index in [-0.39, 0.29) is 52.1 Å². The van der Waals surface area contributed by atoms with E-state index < -0.39 is 52.0 Å². The predicted molar refractivity (Wildman–Crippen MR) is 158 cm³/mol. The molecule has 1 saturated heterocycles. The molecule has 16 heteroatoms.